The van der Waals surface area contributed by atoms with Crippen LogP contribution >= 0.6 is 0 Å². The second kappa shape index (κ2) is 12.0. The fourth-order valence-electron chi connectivity index (χ4n) is 3.70. The van der Waals surface area contributed by atoms with Crippen LogP contribution in [0.25, 0.3) is 0 Å². The maximum Gasteiger partial charge on any atom is 0.242 e. The number of carbonyl (C=O) groups excluding carboxylic acids is 2. The molecule has 0 radical (unpaired) electrons. The molecule has 186 valence electrons. The van der Waals surface area contributed by atoms with Crippen molar-refractivity contribution in [1.29, 1.82) is 0 Å². The lowest BCUT2D eigenvalue weighted by Gasteiger charge is -2.30. The van der Waals surface area contributed by atoms with E-state index in [0.29, 0.717) is 18.7 Å². The summed E-state index contributed by atoms with van der Waals surface area (Å²) in [5.74, 6) is -0.404. The van der Waals surface area contributed by atoms with E-state index < -0.39 is 16.1 Å². The molecule has 7 nitrogen and oxygen atoms in total. The summed E-state index contributed by atoms with van der Waals surface area (Å²) in [6, 6.07) is 14.4. The molecule has 0 bridgehead atoms. The third kappa shape index (κ3) is 7.87. The smallest absolute Gasteiger partial charge is 0.242 e. The van der Waals surface area contributed by atoms with E-state index in [2.05, 4.69) is 5.32 Å². The van der Waals surface area contributed by atoms with Gasteiger partial charge in [-0.15, -0.1) is 0 Å². The van der Waals surface area contributed by atoms with Crippen LogP contribution in [-0.2, 0) is 26.2 Å². The molecule has 2 aromatic carbocycles. The molecule has 0 aliphatic rings. The second-order valence-corrected chi connectivity index (χ2v) is 11.0. The first-order chi connectivity index (χ1) is 15.9. The number of hydrogen-bond donors (Lipinski definition) is 1. The van der Waals surface area contributed by atoms with E-state index in [0.717, 1.165) is 16.7 Å². The first kappa shape index (κ1) is 27.4. The average molecular weight is 488 g/mol. The van der Waals surface area contributed by atoms with Crippen LogP contribution in [-0.4, -0.2) is 50.0 Å². The van der Waals surface area contributed by atoms with Crippen LogP contribution in [0, 0.1) is 13.8 Å². The van der Waals surface area contributed by atoms with E-state index >= 15 is 0 Å². The second-order valence-electron chi connectivity index (χ2n) is 9.07. The zero-order valence-corrected chi connectivity index (χ0v) is 21.9. The van der Waals surface area contributed by atoms with Gasteiger partial charge in [0.1, 0.15) is 6.04 Å². The van der Waals surface area contributed by atoms with Gasteiger partial charge >= 0.3 is 0 Å². The Labute approximate surface area is 204 Å². The molecule has 0 aliphatic carbocycles. The van der Waals surface area contributed by atoms with Gasteiger partial charge in [-0.3, -0.25) is 13.9 Å². The molecule has 0 saturated heterocycles. The topological polar surface area (TPSA) is 86.8 Å². The Morgan fingerprint density at radius 1 is 0.971 bits per heavy atom. The lowest BCUT2D eigenvalue weighted by Crippen LogP contribution is -2.49. The minimum absolute atomic E-state index is 0.0382. The molecule has 1 atom stereocenters. The van der Waals surface area contributed by atoms with Gasteiger partial charge in [0, 0.05) is 25.6 Å². The van der Waals surface area contributed by atoms with Gasteiger partial charge in [-0.25, -0.2) is 8.42 Å². The molecule has 0 aromatic heterocycles. The van der Waals surface area contributed by atoms with Crippen molar-refractivity contribution in [3.8, 4) is 0 Å². The summed E-state index contributed by atoms with van der Waals surface area (Å²) in [5.41, 5.74) is 3.50. The molecule has 0 aliphatic heterocycles. The van der Waals surface area contributed by atoms with Crippen molar-refractivity contribution in [2.75, 3.05) is 17.1 Å². The summed E-state index contributed by atoms with van der Waals surface area (Å²) in [7, 11) is -3.51. The number of rotatable bonds is 11. The van der Waals surface area contributed by atoms with E-state index in [9.17, 15) is 18.0 Å². The fourth-order valence-corrected chi connectivity index (χ4v) is 4.73. The number of amides is 2. The Bertz CT molecular complexity index is 1080. The van der Waals surface area contributed by atoms with Crippen molar-refractivity contribution >= 4 is 27.5 Å². The Hall–Kier alpha value is -2.87. The number of para-hydroxylation sites is 1. The normalized spacial score (nSPS) is 12.3. The largest absolute Gasteiger partial charge is 0.352 e. The molecule has 0 spiro atoms. The van der Waals surface area contributed by atoms with Crippen LogP contribution in [0.5, 0.6) is 0 Å². The van der Waals surface area contributed by atoms with Crippen LogP contribution in [0.4, 0.5) is 5.69 Å². The van der Waals surface area contributed by atoms with E-state index in [-0.39, 0.29) is 30.8 Å². The summed E-state index contributed by atoms with van der Waals surface area (Å²) in [6.45, 7) is 9.81. The van der Waals surface area contributed by atoms with Crippen molar-refractivity contribution in [1.82, 2.24) is 10.2 Å². The Kier molecular flexibility index (Phi) is 9.67. The van der Waals surface area contributed by atoms with Gasteiger partial charge in [0.05, 0.1) is 11.9 Å². The molecule has 1 N–H and O–H groups in total. The summed E-state index contributed by atoms with van der Waals surface area (Å²) in [4.78, 5) is 27.5. The standard InChI is InChI=1S/C26H37N3O4S/c1-19(2)27-26(31)22(5)28(18-23-15-13-20(3)14-16-23)25(30)12-9-17-29(34(6,32)33)24-11-8-7-10-21(24)4/h7-8,10-11,13-16,19,22H,9,12,17-18H2,1-6H3,(H,27,31). The molecule has 2 rings (SSSR count). The number of sulfonamides is 1. The molecule has 34 heavy (non-hydrogen) atoms. The zero-order chi connectivity index (χ0) is 25.5. The van der Waals surface area contributed by atoms with Crippen molar-refractivity contribution in [3.05, 3.63) is 65.2 Å². The van der Waals surface area contributed by atoms with E-state index in [1.165, 1.54) is 10.6 Å². The van der Waals surface area contributed by atoms with Gasteiger partial charge in [-0.1, -0.05) is 48.0 Å². The Morgan fingerprint density at radius 3 is 2.15 bits per heavy atom. The first-order valence-corrected chi connectivity index (χ1v) is 13.4. The lowest BCUT2D eigenvalue weighted by molar-refractivity contribution is -0.140. The average Bonchev–Trinajstić information content (AvgIpc) is 2.75. The van der Waals surface area contributed by atoms with E-state index in [4.69, 9.17) is 0 Å². The van der Waals surface area contributed by atoms with Gasteiger partial charge in [0.15, 0.2) is 0 Å². The third-order valence-electron chi connectivity index (χ3n) is 5.61. The SMILES string of the molecule is Cc1ccc(CN(C(=O)CCCN(c2ccccc2C)S(C)(=O)=O)C(C)C(=O)NC(C)C)cc1. The van der Waals surface area contributed by atoms with Crippen molar-refractivity contribution in [3.63, 3.8) is 0 Å². The van der Waals surface area contributed by atoms with Crippen LogP contribution in [0.1, 0.15) is 50.3 Å². The highest BCUT2D eigenvalue weighted by atomic mass is 32.2. The van der Waals surface area contributed by atoms with Gasteiger partial charge < -0.3 is 10.2 Å². The minimum Gasteiger partial charge on any atom is -0.352 e. The number of carbonyl (C=O) groups is 2. The molecule has 2 amide bonds. The quantitative estimate of drug-likeness (QED) is 0.522. The van der Waals surface area contributed by atoms with E-state index in [1.54, 1.807) is 24.0 Å². The predicted molar refractivity (Wildman–Crippen MR) is 137 cm³/mol. The number of anilines is 1. The number of nitrogens with zero attached hydrogens (tertiary/aromatic N) is 2. The third-order valence-corrected chi connectivity index (χ3v) is 6.79. The Morgan fingerprint density at radius 2 is 1.59 bits per heavy atom. The first-order valence-electron chi connectivity index (χ1n) is 11.6. The molecular formula is C26H37N3O4S. The number of benzene rings is 2. The summed E-state index contributed by atoms with van der Waals surface area (Å²) in [5, 5.41) is 2.87. The van der Waals surface area contributed by atoms with Crippen molar-refractivity contribution in [2.45, 2.75) is 66.1 Å². The monoisotopic (exact) mass is 487 g/mol. The molecular weight excluding hydrogens is 450 g/mol. The lowest BCUT2D eigenvalue weighted by atomic mass is 10.1. The predicted octanol–water partition coefficient (Wildman–Crippen LogP) is 3.79. The molecule has 0 saturated carbocycles. The van der Waals surface area contributed by atoms with Crippen LogP contribution in [0.2, 0.25) is 0 Å². The van der Waals surface area contributed by atoms with Crippen molar-refractivity contribution < 1.29 is 18.0 Å². The van der Waals surface area contributed by atoms with Crippen molar-refractivity contribution in [2.24, 2.45) is 0 Å². The maximum atomic E-state index is 13.3. The zero-order valence-electron chi connectivity index (χ0n) is 21.0. The van der Waals surface area contributed by atoms with Gasteiger partial charge in [-0.05, 0) is 58.2 Å². The molecule has 2 aromatic rings. The highest BCUT2D eigenvalue weighted by Gasteiger charge is 2.27. The van der Waals surface area contributed by atoms with Gasteiger partial charge in [0.25, 0.3) is 0 Å². The number of nitrogens with one attached hydrogen (secondary N) is 1. The fraction of sp³-hybridized carbons (Fsp3) is 0.462. The highest BCUT2D eigenvalue weighted by Crippen LogP contribution is 2.23. The molecule has 0 fully saturated rings. The summed E-state index contributed by atoms with van der Waals surface area (Å²) < 4.78 is 26.2. The Balaban J connectivity index is 2.17. The van der Waals surface area contributed by atoms with Crippen LogP contribution in [0.15, 0.2) is 48.5 Å². The number of aryl methyl sites for hydroxylation is 2. The van der Waals surface area contributed by atoms with E-state index in [1.807, 2.05) is 64.1 Å². The van der Waals surface area contributed by atoms with Crippen LogP contribution < -0.4 is 9.62 Å². The van der Waals surface area contributed by atoms with Gasteiger partial charge in [-0.2, -0.15) is 0 Å². The maximum absolute atomic E-state index is 13.3. The molecule has 8 heteroatoms. The summed E-state index contributed by atoms with van der Waals surface area (Å²) >= 11 is 0. The number of hydrogen-bond acceptors (Lipinski definition) is 4. The molecule has 0 heterocycles. The molecule has 1 unspecified atom stereocenters. The highest BCUT2D eigenvalue weighted by molar-refractivity contribution is 7.92. The van der Waals surface area contributed by atoms with Gasteiger partial charge in [0.2, 0.25) is 21.8 Å². The van der Waals surface area contributed by atoms with Crippen LogP contribution in [0.3, 0.4) is 0 Å². The minimum atomic E-state index is -3.51. The summed E-state index contributed by atoms with van der Waals surface area (Å²) in [6.07, 6.45) is 1.63.